The van der Waals surface area contributed by atoms with E-state index in [0.29, 0.717) is 6.04 Å². The van der Waals surface area contributed by atoms with Crippen LogP contribution in [0.25, 0.3) is 0 Å². The van der Waals surface area contributed by atoms with Gasteiger partial charge in [0.05, 0.1) is 0 Å². The molecule has 1 aromatic rings. The molecule has 0 saturated carbocycles. The summed E-state index contributed by atoms with van der Waals surface area (Å²) in [5.74, 6) is 1.03. The van der Waals surface area contributed by atoms with Crippen LogP contribution in [0.4, 0.5) is 0 Å². The topological polar surface area (TPSA) is 24.5 Å². The fourth-order valence-electron chi connectivity index (χ4n) is 2.77. The van der Waals surface area contributed by atoms with Crippen molar-refractivity contribution in [1.82, 2.24) is 10.2 Å². The SMILES string of the molecule is CCC(NC)c1ccccc1OCCN1CCCC1. The van der Waals surface area contributed by atoms with Crippen LogP contribution in [0.15, 0.2) is 24.3 Å². The van der Waals surface area contributed by atoms with Gasteiger partial charge in [-0.3, -0.25) is 4.90 Å². The standard InChI is InChI=1S/C16H26N2O/c1-3-15(17-2)14-8-4-5-9-16(14)19-13-12-18-10-6-7-11-18/h4-5,8-9,15,17H,3,6-7,10-13H2,1-2H3. The highest BCUT2D eigenvalue weighted by Crippen LogP contribution is 2.26. The molecule has 1 atom stereocenters. The minimum Gasteiger partial charge on any atom is -0.492 e. The van der Waals surface area contributed by atoms with Gasteiger partial charge in [0.25, 0.3) is 0 Å². The first-order chi connectivity index (χ1) is 9.35. The molecule has 1 N–H and O–H groups in total. The molecular weight excluding hydrogens is 236 g/mol. The van der Waals surface area contributed by atoms with Gasteiger partial charge in [-0.05, 0) is 45.5 Å². The van der Waals surface area contributed by atoms with E-state index in [1.165, 1.54) is 31.5 Å². The lowest BCUT2D eigenvalue weighted by Crippen LogP contribution is -2.25. The Balaban J connectivity index is 1.91. The highest BCUT2D eigenvalue weighted by molar-refractivity contribution is 5.35. The average Bonchev–Trinajstić information content (AvgIpc) is 2.95. The molecule has 0 bridgehead atoms. The molecule has 0 amide bonds. The van der Waals surface area contributed by atoms with Crippen LogP contribution in [0.3, 0.4) is 0 Å². The third kappa shape index (κ3) is 3.95. The number of nitrogens with one attached hydrogen (secondary N) is 1. The molecule has 1 aliphatic rings. The predicted octanol–water partition coefficient (Wildman–Crippen LogP) is 2.83. The molecule has 19 heavy (non-hydrogen) atoms. The quantitative estimate of drug-likeness (QED) is 0.818. The fraction of sp³-hybridized carbons (Fsp3) is 0.625. The summed E-state index contributed by atoms with van der Waals surface area (Å²) in [6.07, 6.45) is 3.76. The second-order valence-corrected chi connectivity index (χ2v) is 5.18. The van der Waals surface area contributed by atoms with E-state index in [9.17, 15) is 0 Å². The van der Waals surface area contributed by atoms with E-state index in [-0.39, 0.29) is 0 Å². The Morgan fingerprint density at radius 2 is 2.00 bits per heavy atom. The van der Waals surface area contributed by atoms with Crippen molar-refractivity contribution in [2.45, 2.75) is 32.2 Å². The molecule has 0 aliphatic carbocycles. The van der Waals surface area contributed by atoms with Gasteiger partial charge in [-0.25, -0.2) is 0 Å². The molecule has 2 rings (SSSR count). The number of hydrogen-bond donors (Lipinski definition) is 1. The van der Waals surface area contributed by atoms with Gasteiger partial charge in [0.2, 0.25) is 0 Å². The van der Waals surface area contributed by atoms with Gasteiger partial charge in [0, 0.05) is 18.2 Å². The van der Waals surface area contributed by atoms with E-state index in [2.05, 4.69) is 41.4 Å². The minimum atomic E-state index is 0.378. The maximum Gasteiger partial charge on any atom is 0.124 e. The molecule has 1 heterocycles. The van der Waals surface area contributed by atoms with Crippen LogP contribution in [0, 0.1) is 0 Å². The van der Waals surface area contributed by atoms with Crippen LogP contribution in [-0.4, -0.2) is 38.2 Å². The zero-order chi connectivity index (χ0) is 13.5. The Hall–Kier alpha value is -1.06. The van der Waals surface area contributed by atoms with Gasteiger partial charge in [-0.15, -0.1) is 0 Å². The first kappa shape index (κ1) is 14.4. The van der Waals surface area contributed by atoms with Crippen molar-refractivity contribution in [2.24, 2.45) is 0 Å². The number of para-hydroxylation sites is 1. The number of likely N-dealkylation sites (tertiary alicyclic amines) is 1. The van der Waals surface area contributed by atoms with Crippen molar-refractivity contribution in [2.75, 3.05) is 33.3 Å². The second-order valence-electron chi connectivity index (χ2n) is 5.18. The van der Waals surface area contributed by atoms with Gasteiger partial charge >= 0.3 is 0 Å². The van der Waals surface area contributed by atoms with Gasteiger partial charge in [-0.1, -0.05) is 25.1 Å². The lowest BCUT2D eigenvalue weighted by molar-refractivity contribution is 0.235. The average molecular weight is 262 g/mol. The van der Waals surface area contributed by atoms with Gasteiger partial charge in [-0.2, -0.15) is 0 Å². The summed E-state index contributed by atoms with van der Waals surface area (Å²) in [6.45, 7) is 6.50. The van der Waals surface area contributed by atoms with Crippen molar-refractivity contribution in [1.29, 1.82) is 0 Å². The molecule has 3 heteroatoms. The summed E-state index contributed by atoms with van der Waals surface area (Å²) in [5.41, 5.74) is 1.27. The van der Waals surface area contributed by atoms with E-state index in [1.807, 2.05) is 7.05 Å². The zero-order valence-corrected chi connectivity index (χ0v) is 12.2. The molecular formula is C16H26N2O. The first-order valence-electron chi connectivity index (χ1n) is 7.46. The predicted molar refractivity (Wildman–Crippen MR) is 79.7 cm³/mol. The summed E-state index contributed by atoms with van der Waals surface area (Å²) < 4.78 is 6.00. The van der Waals surface area contributed by atoms with Crippen molar-refractivity contribution < 1.29 is 4.74 Å². The smallest absolute Gasteiger partial charge is 0.124 e. The summed E-state index contributed by atoms with van der Waals surface area (Å²) in [7, 11) is 2.01. The Kier molecular flexibility index (Phi) is 5.67. The van der Waals surface area contributed by atoms with Crippen LogP contribution >= 0.6 is 0 Å². The van der Waals surface area contributed by atoms with E-state index in [0.717, 1.165) is 25.3 Å². The van der Waals surface area contributed by atoms with Crippen molar-refractivity contribution >= 4 is 0 Å². The molecule has 3 nitrogen and oxygen atoms in total. The van der Waals surface area contributed by atoms with Crippen LogP contribution in [-0.2, 0) is 0 Å². The maximum absolute atomic E-state index is 6.00. The number of nitrogens with zero attached hydrogens (tertiary/aromatic N) is 1. The molecule has 0 spiro atoms. The lowest BCUT2D eigenvalue weighted by atomic mass is 10.0. The number of benzene rings is 1. The van der Waals surface area contributed by atoms with Gasteiger partial charge in [0.1, 0.15) is 12.4 Å². The molecule has 1 aliphatic heterocycles. The summed E-state index contributed by atoms with van der Waals surface area (Å²) in [6, 6.07) is 8.76. The highest BCUT2D eigenvalue weighted by Gasteiger charge is 2.14. The number of hydrogen-bond acceptors (Lipinski definition) is 3. The summed E-state index contributed by atoms with van der Waals surface area (Å²) in [5, 5.41) is 3.35. The Morgan fingerprint density at radius 3 is 2.68 bits per heavy atom. The molecule has 1 aromatic carbocycles. The molecule has 0 radical (unpaired) electrons. The maximum atomic E-state index is 6.00. The largest absolute Gasteiger partial charge is 0.492 e. The molecule has 1 fully saturated rings. The molecule has 1 unspecified atom stereocenters. The van der Waals surface area contributed by atoms with E-state index >= 15 is 0 Å². The van der Waals surface area contributed by atoms with Crippen molar-refractivity contribution in [3.8, 4) is 5.75 Å². The van der Waals surface area contributed by atoms with Gasteiger partial charge < -0.3 is 10.1 Å². The normalized spacial score (nSPS) is 17.6. The van der Waals surface area contributed by atoms with Crippen LogP contribution < -0.4 is 10.1 Å². The monoisotopic (exact) mass is 262 g/mol. The fourth-order valence-corrected chi connectivity index (χ4v) is 2.77. The Morgan fingerprint density at radius 1 is 1.26 bits per heavy atom. The molecule has 1 saturated heterocycles. The minimum absolute atomic E-state index is 0.378. The van der Waals surface area contributed by atoms with Crippen molar-refractivity contribution in [3.05, 3.63) is 29.8 Å². The van der Waals surface area contributed by atoms with Crippen molar-refractivity contribution in [3.63, 3.8) is 0 Å². The first-order valence-corrected chi connectivity index (χ1v) is 7.46. The third-order valence-corrected chi connectivity index (χ3v) is 3.91. The number of rotatable bonds is 7. The zero-order valence-electron chi connectivity index (χ0n) is 12.2. The summed E-state index contributed by atoms with van der Waals surface area (Å²) in [4.78, 5) is 2.48. The second kappa shape index (κ2) is 7.51. The van der Waals surface area contributed by atoms with E-state index in [4.69, 9.17) is 4.74 Å². The van der Waals surface area contributed by atoms with Gasteiger partial charge in [0.15, 0.2) is 0 Å². The van der Waals surface area contributed by atoms with Crippen LogP contribution in [0.2, 0.25) is 0 Å². The van der Waals surface area contributed by atoms with Crippen LogP contribution in [0.1, 0.15) is 37.8 Å². The van der Waals surface area contributed by atoms with E-state index in [1.54, 1.807) is 0 Å². The Labute approximate surface area is 116 Å². The third-order valence-electron chi connectivity index (χ3n) is 3.91. The highest BCUT2D eigenvalue weighted by atomic mass is 16.5. The molecule has 106 valence electrons. The Bertz CT molecular complexity index is 371. The summed E-state index contributed by atoms with van der Waals surface area (Å²) >= 11 is 0. The lowest BCUT2D eigenvalue weighted by Gasteiger charge is -2.20. The molecule has 0 aromatic heterocycles. The van der Waals surface area contributed by atoms with Crippen LogP contribution in [0.5, 0.6) is 5.75 Å². The van der Waals surface area contributed by atoms with E-state index < -0.39 is 0 Å². The number of ether oxygens (including phenoxy) is 1.